The third kappa shape index (κ3) is 6.50. The van der Waals surface area contributed by atoms with Crippen LogP contribution >= 0.6 is 46.7 Å². The van der Waals surface area contributed by atoms with Crippen molar-refractivity contribution in [2.75, 3.05) is 26.7 Å². The number of fused-ring (bicyclic) bond motifs is 1. The zero-order valence-electron chi connectivity index (χ0n) is 18.0. The summed E-state index contributed by atoms with van der Waals surface area (Å²) in [6.07, 6.45) is 3.99. The van der Waals surface area contributed by atoms with E-state index in [1.54, 1.807) is 16.2 Å². The minimum absolute atomic E-state index is 0. The number of benzene rings is 1. The maximum absolute atomic E-state index is 4.44. The van der Waals surface area contributed by atoms with Gasteiger partial charge in [-0.3, -0.25) is 9.89 Å². The lowest BCUT2D eigenvalue weighted by molar-refractivity contribution is 0.181. The molecule has 1 aliphatic rings. The summed E-state index contributed by atoms with van der Waals surface area (Å²) in [7, 11) is 1.83. The molecule has 166 valence electrons. The van der Waals surface area contributed by atoms with E-state index in [0.717, 1.165) is 50.0 Å². The Hall–Kier alpha value is -1.49. The molecule has 1 atom stereocenters. The van der Waals surface area contributed by atoms with Crippen molar-refractivity contribution in [3.8, 4) is 0 Å². The van der Waals surface area contributed by atoms with Crippen LogP contribution in [-0.4, -0.2) is 42.5 Å². The standard InChI is InChI=1S/C23H29N5S2.HI/c1-17-14-26-22(30-17)8-11-25-23(24-2)27-15-20(18-6-4-3-5-7-18)28-12-9-21-19(16-28)10-13-29-21;/h3-7,10,13-14,20H,8-9,11-12,15-16H2,1-2H3,(H2,24,25,27);1H. The van der Waals surface area contributed by atoms with Gasteiger partial charge in [-0.1, -0.05) is 30.3 Å². The van der Waals surface area contributed by atoms with E-state index in [2.05, 4.69) is 74.2 Å². The highest BCUT2D eigenvalue weighted by molar-refractivity contribution is 14.0. The first kappa shape index (κ1) is 24.2. The van der Waals surface area contributed by atoms with Gasteiger partial charge in [-0.05, 0) is 35.9 Å². The van der Waals surface area contributed by atoms with Crippen LogP contribution in [0.1, 0.15) is 31.9 Å². The highest BCUT2D eigenvalue weighted by atomic mass is 127. The van der Waals surface area contributed by atoms with Crippen LogP contribution in [0.3, 0.4) is 0 Å². The average Bonchev–Trinajstić information content (AvgIpc) is 3.41. The molecular formula is C23H30IN5S2. The monoisotopic (exact) mass is 567 g/mol. The largest absolute Gasteiger partial charge is 0.356 e. The Morgan fingerprint density at radius 1 is 1.23 bits per heavy atom. The van der Waals surface area contributed by atoms with Crippen LogP contribution in [0.25, 0.3) is 0 Å². The second-order valence-electron chi connectivity index (χ2n) is 7.51. The third-order valence-corrected chi connectivity index (χ3v) is 7.44. The van der Waals surface area contributed by atoms with Crippen molar-refractivity contribution < 1.29 is 0 Å². The summed E-state index contributed by atoms with van der Waals surface area (Å²) >= 11 is 3.65. The molecule has 1 aromatic carbocycles. The molecule has 0 saturated carbocycles. The molecule has 4 rings (SSSR count). The van der Waals surface area contributed by atoms with E-state index in [4.69, 9.17) is 0 Å². The second-order valence-corrected chi connectivity index (χ2v) is 9.83. The third-order valence-electron chi connectivity index (χ3n) is 5.45. The van der Waals surface area contributed by atoms with Crippen LogP contribution in [0.2, 0.25) is 0 Å². The first-order valence-electron chi connectivity index (χ1n) is 10.4. The molecule has 0 amide bonds. The van der Waals surface area contributed by atoms with E-state index in [0.29, 0.717) is 6.04 Å². The van der Waals surface area contributed by atoms with Gasteiger partial charge in [-0.2, -0.15) is 0 Å². The molecule has 2 aromatic heterocycles. The fraction of sp³-hybridized carbons (Fsp3) is 0.391. The van der Waals surface area contributed by atoms with Gasteiger partial charge in [-0.25, -0.2) is 4.98 Å². The number of thiophene rings is 1. The highest BCUT2D eigenvalue weighted by Gasteiger charge is 2.25. The predicted molar refractivity (Wildman–Crippen MR) is 143 cm³/mol. The topological polar surface area (TPSA) is 52.6 Å². The Labute approximate surface area is 210 Å². The minimum atomic E-state index is 0. The minimum Gasteiger partial charge on any atom is -0.356 e. The van der Waals surface area contributed by atoms with E-state index in [1.165, 1.54) is 16.0 Å². The van der Waals surface area contributed by atoms with E-state index in [1.807, 2.05) is 24.6 Å². The number of halogens is 1. The van der Waals surface area contributed by atoms with Crippen molar-refractivity contribution in [1.29, 1.82) is 0 Å². The van der Waals surface area contributed by atoms with Crippen LogP contribution in [0.15, 0.2) is 53.0 Å². The molecular weight excluding hydrogens is 537 g/mol. The molecule has 1 unspecified atom stereocenters. The quantitative estimate of drug-likeness (QED) is 0.248. The summed E-state index contributed by atoms with van der Waals surface area (Å²) in [5.41, 5.74) is 2.82. The molecule has 0 saturated heterocycles. The Bertz CT molecular complexity index is 969. The van der Waals surface area contributed by atoms with Gasteiger partial charge in [0.25, 0.3) is 0 Å². The Morgan fingerprint density at radius 3 is 2.81 bits per heavy atom. The molecule has 3 heterocycles. The van der Waals surface area contributed by atoms with Crippen LogP contribution < -0.4 is 10.6 Å². The number of hydrogen-bond donors (Lipinski definition) is 2. The number of guanidine groups is 1. The normalized spacial score (nSPS) is 15.1. The smallest absolute Gasteiger partial charge is 0.191 e. The number of aliphatic imine (C=N–C) groups is 1. The van der Waals surface area contributed by atoms with Gasteiger partial charge in [0.15, 0.2) is 5.96 Å². The molecule has 2 N–H and O–H groups in total. The van der Waals surface area contributed by atoms with Gasteiger partial charge >= 0.3 is 0 Å². The first-order chi connectivity index (χ1) is 14.7. The number of aromatic nitrogens is 1. The Morgan fingerprint density at radius 2 is 2.06 bits per heavy atom. The number of rotatable bonds is 7. The number of thiazole rings is 1. The molecule has 0 bridgehead atoms. The predicted octanol–water partition coefficient (Wildman–Crippen LogP) is 4.64. The number of aryl methyl sites for hydroxylation is 1. The fourth-order valence-corrected chi connectivity index (χ4v) is 5.56. The van der Waals surface area contributed by atoms with Gasteiger partial charge in [0.1, 0.15) is 0 Å². The summed E-state index contributed by atoms with van der Waals surface area (Å²) in [5.74, 6) is 0.845. The Balaban J connectivity index is 0.00000272. The van der Waals surface area contributed by atoms with Crippen LogP contribution in [-0.2, 0) is 19.4 Å². The lowest BCUT2D eigenvalue weighted by Crippen LogP contribution is -2.44. The lowest BCUT2D eigenvalue weighted by Gasteiger charge is -2.35. The summed E-state index contributed by atoms with van der Waals surface area (Å²) in [6.45, 7) is 5.84. The van der Waals surface area contributed by atoms with Crippen LogP contribution in [0, 0.1) is 6.92 Å². The number of nitrogens with one attached hydrogen (secondary N) is 2. The van der Waals surface area contributed by atoms with Gasteiger partial charge in [0.05, 0.1) is 11.0 Å². The first-order valence-corrected chi connectivity index (χ1v) is 12.1. The van der Waals surface area contributed by atoms with Gasteiger partial charge < -0.3 is 10.6 Å². The SMILES string of the molecule is CN=C(NCCc1ncc(C)s1)NCC(c1ccccc1)N1CCc2sccc2C1.I. The summed E-state index contributed by atoms with van der Waals surface area (Å²) in [5, 5.41) is 10.4. The van der Waals surface area contributed by atoms with Crippen molar-refractivity contribution in [3.05, 3.63) is 73.9 Å². The lowest BCUT2D eigenvalue weighted by atomic mass is 10.0. The molecule has 31 heavy (non-hydrogen) atoms. The summed E-state index contributed by atoms with van der Waals surface area (Å²) in [4.78, 5) is 14.3. The molecule has 1 aliphatic heterocycles. The van der Waals surface area contributed by atoms with E-state index < -0.39 is 0 Å². The van der Waals surface area contributed by atoms with Crippen molar-refractivity contribution in [2.24, 2.45) is 4.99 Å². The van der Waals surface area contributed by atoms with Gasteiger partial charge in [0.2, 0.25) is 0 Å². The fourth-order valence-electron chi connectivity index (χ4n) is 3.89. The summed E-state index contributed by atoms with van der Waals surface area (Å²) in [6, 6.07) is 13.4. The molecule has 8 heteroatoms. The average molecular weight is 568 g/mol. The molecule has 0 radical (unpaired) electrons. The Kier molecular flexibility index (Phi) is 9.30. The zero-order chi connectivity index (χ0) is 20.8. The summed E-state index contributed by atoms with van der Waals surface area (Å²) < 4.78 is 0. The van der Waals surface area contributed by atoms with Crippen LogP contribution in [0.5, 0.6) is 0 Å². The van der Waals surface area contributed by atoms with Crippen molar-refractivity contribution in [1.82, 2.24) is 20.5 Å². The molecule has 0 fully saturated rings. The van der Waals surface area contributed by atoms with E-state index in [-0.39, 0.29) is 24.0 Å². The molecule has 3 aromatic rings. The molecule has 0 spiro atoms. The van der Waals surface area contributed by atoms with E-state index >= 15 is 0 Å². The maximum atomic E-state index is 4.44. The van der Waals surface area contributed by atoms with Crippen molar-refractivity contribution in [2.45, 2.75) is 32.4 Å². The van der Waals surface area contributed by atoms with Crippen molar-refractivity contribution >= 4 is 52.6 Å². The highest BCUT2D eigenvalue weighted by Crippen LogP contribution is 2.30. The van der Waals surface area contributed by atoms with Crippen LogP contribution in [0.4, 0.5) is 0 Å². The second kappa shape index (κ2) is 11.9. The van der Waals surface area contributed by atoms with E-state index in [9.17, 15) is 0 Å². The molecule has 5 nitrogen and oxygen atoms in total. The zero-order valence-corrected chi connectivity index (χ0v) is 22.0. The number of hydrogen-bond acceptors (Lipinski definition) is 5. The number of nitrogens with zero attached hydrogens (tertiary/aromatic N) is 3. The van der Waals surface area contributed by atoms with Crippen molar-refractivity contribution in [3.63, 3.8) is 0 Å². The van der Waals surface area contributed by atoms with Gasteiger partial charge in [0, 0.05) is 55.6 Å². The maximum Gasteiger partial charge on any atom is 0.191 e. The molecule has 0 aliphatic carbocycles. The van der Waals surface area contributed by atoms with Gasteiger partial charge in [-0.15, -0.1) is 46.7 Å².